The quantitative estimate of drug-likeness (QED) is 0.830. The minimum absolute atomic E-state index is 0.0487. The van der Waals surface area contributed by atoms with E-state index < -0.39 is 0 Å². The summed E-state index contributed by atoms with van der Waals surface area (Å²) in [5.74, 6) is 0.948. The summed E-state index contributed by atoms with van der Waals surface area (Å²) in [4.78, 5) is 30.1. The molecule has 2 aliphatic rings. The third-order valence-corrected chi connectivity index (χ3v) is 6.78. The van der Waals surface area contributed by atoms with Crippen LogP contribution in [-0.2, 0) is 24.3 Å². The Morgan fingerprint density at radius 2 is 2.25 bits per heavy atom. The lowest BCUT2D eigenvalue weighted by atomic mass is 10.0. The molecule has 1 N–H and O–H groups in total. The van der Waals surface area contributed by atoms with Crippen LogP contribution in [0.1, 0.15) is 51.2 Å². The monoisotopic (exact) mass is 402 g/mol. The Hall–Kier alpha value is -2.19. The zero-order valence-corrected chi connectivity index (χ0v) is 17.4. The second kappa shape index (κ2) is 7.67. The SMILES string of the molecule is CCN1C[C@H](NC(=O)c2csc3c2CCN(Cc2c(C)noc2C)C3)CC1=O. The van der Waals surface area contributed by atoms with Gasteiger partial charge in [-0.05, 0) is 32.8 Å². The van der Waals surface area contributed by atoms with E-state index in [1.165, 1.54) is 4.88 Å². The van der Waals surface area contributed by atoms with Crippen molar-refractivity contribution in [3.05, 3.63) is 38.4 Å². The van der Waals surface area contributed by atoms with Gasteiger partial charge in [-0.1, -0.05) is 5.16 Å². The number of hydrogen-bond donors (Lipinski definition) is 1. The summed E-state index contributed by atoms with van der Waals surface area (Å²) in [6.07, 6.45) is 1.26. The summed E-state index contributed by atoms with van der Waals surface area (Å²) in [5.41, 5.74) is 4.04. The average Bonchev–Trinajstić information content (AvgIpc) is 3.34. The van der Waals surface area contributed by atoms with Crippen LogP contribution in [0.4, 0.5) is 0 Å². The largest absolute Gasteiger partial charge is 0.361 e. The fourth-order valence-electron chi connectivity index (χ4n) is 4.10. The fourth-order valence-corrected chi connectivity index (χ4v) is 5.22. The number of amides is 2. The van der Waals surface area contributed by atoms with Crippen LogP contribution >= 0.6 is 11.3 Å². The van der Waals surface area contributed by atoms with Crippen LogP contribution < -0.4 is 5.32 Å². The number of rotatable bonds is 5. The van der Waals surface area contributed by atoms with Crippen molar-refractivity contribution in [1.82, 2.24) is 20.3 Å². The molecule has 0 aliphatic carbocycles. The topological polar surface area (TPSA) is 78.7 Å². The van der Waals surface area contributed by atoms with E-state index in [-0.39, 0.29) is 17.9 Å². The highest BCUT2D eigenvalue weighted by Gasteiger charge is 2.31. The summed E-state index contributed by atoms with van der Waals surface area (Å²) < 4.78 is 5.27. The molecule has 4 heterocycles. The van der Waals surface area contributed by atoms with Crippen LogP contribution in [0.15, 0.2) is 9.90 Å². The zero-order chi connectivity index (χ0) is 19.8. The fraction of sp³-hybridized carbons (Fsp3) is 0.550. The van der Waals surface area contributed by atoms with Gasteiger partial charge in [0.15, 0.2) is 0 Å². The van der Waals surface area contributed by atoms with Crippen molar-refractivity contribution >= 4 is 23.2 Å². The minimum Gasteiger partial charge on any atom is -0.361 e. The molecule has 0 saturated carbocycles. The lowest BCUT2D eigenvalue weighted by Crippen LogP contribution is -2.38. The van der Waals surface area contributed by atoms with E-state index in [9.17, 15) is 9.59 Å². The van der Waals surface area contributed by atoms with E-state index in [1.807, 2.05) is 26.2 Å². The summed E-state index contributed by atoms with van der Waals surface area (Å²) in [6.45, 7) is 9.75. The van der Waals surface area contributed by atoms with Crippen molar-refractivity contribution in [3.63, 3.8) is 0 Å². The standard InChI is InChI=1S/C20H26N4O3S/c1-4-24-8-14(7-19(24)25)21-20(26)17-11-28-18-10-23(6-5-15(17)18)9-16-12(2)22-27-13(16)3/h11,14H,4-10H2,1-3H3,(H,21,26)/t14-/m1/s1. The molecule has 2 aliphatic heterocycles. The summed E-state index contributed by atoms with van der Waals surface area (Å²) in [7, 11) is 0. The van der Waals surface area contributed by atoms with Gasteiger partial charge in [-0.25, -0.2) is 0 Å². The number of carbonyl (C=O) groups is 2. The second-order valence-corrected chi connectivity index (χ2v) is 8.59. The molecule has 28 heavy (non-hydrogen) atoms. The highest BCUT2D eigenvalue weighted by molar-refractivity contribution is 7.10. The molecule has 0 spiro atoms. The van der Waals surface area contributed by atoms with E-state index in [4.69, 9.17) is 4.52 Å². The highest BCUT2D eigenvalue weighted by atomic mass is 32.1. The van der Waals surface area contributed by atoms with Gasteiger partial charge in [0.25, 0.3) is 5.91 Å². The third kappa shape index (κ3) is 3.58. The number of hydrogen-bond acceptors (Lipinski definition) is 6. The number of thiophene rings is 1. The van der Waals surface area contributed by atoms with Gasteiger partial charge in [0.1, 0.15) is 5.76 Å². The van der Waals surface area contributed by atoms with Crippen molar-refractivity contribution in [2.45, 2.75) is 52.7 Å². The molecule has 0 aromatic carbocycles. The van der Waals surface area contributed by atoms with Crippen molar-refractivity contribution in [3.8, 4) is 0 Å². The number of nitrogens with zero attached hydrogens (tertiary/aromatic N) is 3. The average molecular weight is 403 g/mol. The van der Waals surface area contributed by atoms with Gasteiger partial charge in [-0.2, -0.15) is 0 Å². The van der Waals surface area contributed by atoms with Crippen LogP contribution in [-0.4, -0.2) is 52.4 Å². The lowest BCUT2D eigenvalue weighted by Gasteiger charge is -2.27. The molecule has 1 fully saturated rings. The van der Waals surface area contributed by atoms with Crippen molar-refractivity contribution in [1.29, 1.82) is 0 Å². The predicted octanol–water partition coefficient (Wildman–Crippen LogP) is 2.26. The summed E-state index contributed by atoms with van der Waals surface area (Å²) in [5, 5.41) is 9.07. The maximum Gasteiger partial charge on any atom is 0.252 e. The smallest absolute Gasteiger partial charge is 0.252 e. The van der Waals surface area contributed by atoms with Gasteiger partial charge in [0.2, 0.25) is 5.91 Å². The Labute approximate surface area is 168 Å². The van der Waals surface area contributed by atoms with E-state index in [0.717, 1.165) is 54.2 Å². The number of aryl methyl sites for hydroxylation is 2. The van der Waals surface area contributed by atoms with Gasteiger partial charge < -0.3 is 14.7 Å². The van der Waals surface area contributed by atoms with E-state index in [2.05, 4.69) is 15.4 Å². The van der Waals surface area contributed by atoms with E-state index in [1.54, 1.807) is 16.2 Å². The normalized spacial score (nSPS) is 19.9. The Morgan fingerprint density at radius 3 is 2.93 bits per heavy atom. The first kappa shape index (κ1) is 19.1. The number of fused-ring (bicyclic) bond motifs is 1. The Morgan fingerprint density at radius 1 is 1.43 bits per heavy atom. The van der Waals surface area contributed by atoms with Crippen LogP contribution in [0, 0.1) is 13.8 Å². The van der Waals surface area contributed by atoms with Crippen LogP contribution in [0.2, 0.25) is 0 Å². The zero-order valence-electron chi connectivity index (χ0n) is 16.6. The first-order chi connectivity index (χ1) is 13.5. The summed E-state index contributed by atoms with van der Waals surface area (Å²) in [6, 6.07) is -0.0878. The molecular formula is C20H26N4O3S. The van der Waals surface area contributed by atoms with Gasteiger partial charge >= 0.3 is 0 Å². The predicted molar refractivity (Wildman–Crippen MR) is 106 cm³/mol. The molecule has 1 saturated heterocycles. The molecule has 1 atom stereocenters. The van der Waals surface area contributed by atoms with Crippen molar-refractivity contribution < 1.29 is 14.1 Å². The first-order valence-electron chi connectivity index (χ1n) is 9.78. The Kier molecular flexibility index (Phi) is 5.25. The van der Waals surface area contributed by atoms with Gasteiger partial charge in [-0.3, -0.25) is 14.5 Å². The minimum atomic E-state index is -0.0878. The molecule has 2 aromatic rings. The second-order valence-electron chi connectivity index (χ2n) is 7.62. The molecular weight excluding hydrogens is 376 g/mol. The maximum atomic E-state index is 12.8. The number of aromatic nitrogens is 1. The van der Waals surface area contributed by atoms with Crippen LogP contribution in [0.5, 0.6) is 0 Å². The molecule has 0 unspecified atom stereocenters. The molecule has 2 aromatic heterocycles. The number of likely N-dealkylation sites (N-methyl/N-ethyl adjacent to an activating group) is 1. The number of likely N-dealkylation sites (tertiary alicyclic amines) is 1. The molecule has 0 bridgehead atoms. The van der Waals surface area contributed by atoms with Crippen LogP contribution in [0.25, 0.3) is 0 Å². The molecule has 150 valence electrons. The van der Waals surface area contributed by atoms with Crippen molar-refractivity contribution in [2.75, 3.05) is 19.6 Å². The molecule has 7 nitrogen and oxygen atoms in total. The molecule has 4 rings (SSSR count). The van der Waals surface area contributed by atoms with Gasteiger partial charge in [-0.15, -0.1) is 11.3 Å². The van der Waals surface area contributed by atoms with E-state index in [0.29, 0.717) is 19.5 Å². The lowest BCUT2D eigenvalue weighted by molar-refractivity contribution is -0.127. The highest BCUT2D eigenvalue weighted by Crippen LogP contribution is 2.30. The number of carbonyl (C=O) groups excluding carboxylic acids is 2. The van der Waals surface area contributed by atoms with Crippen molar-refractivity contribution in [2.24, 2.45) is 0 Å². The Bertz CT molecular complexity index is 884. The molecule has 2 amide bonds. The first-order valence-corrected chi connectivity index (χ1v) is 10.7. The van der Waals surface area contributed by atoms with Gasteiger partial charge in [0.05, 0.1) is 17.3 Å². The summed E-state index contributed by atoms with van der Waals surface area (Å²) >= 11 is 1.65. The number of nitrogens with one attached hydrogen (secondary N) is 1. The maximum absolute atomic E-state index is 12.8. The Balaban J connectivity index is 1.41. The van der Waals surface area contributed by atoms with Gasteiger partial charge in [0, 0.05) is 55.0 Å². The molecule has 8 heteroatoms. The van der Waals surface area contributed by atoms with E-state index >= 15 is 0 Å². The molecule has 0 radical (unpaired) electrons. The third-order valence-electron chi connectivity index (χ3n) is 5.76. The van der Waals surface area contributed by atoms with Crippen LogP contribution in [0.3, 0.4) is 0 Å².